The average molecular weight is 365 g/mol. The molecule has 0 saturated carbocycles. The lowest BCUT2D eigenvalue weighted by Gasteiger charge is -2.18. The maximum absolute atomic E-state index is 5.95. The van der Waals surface area contributed by atoms with Gasteiger partial charge >= 0.3 is 0 Å². The zero-order chi connectivity index (χ0) is 19.2. The fourth-order valence-electron chi connectivity index (χ4n) is 2.94. The van der Waals surface area contributed by atoms with Gasteiger partial charge in [-0.05, 0) is 43.7 Å². The quantitative estimate of drug-likeness (QED) is 0.521. The number of aromatic nitrogens is 2. The van der Waals surface area contributed by atoms with E-state index < -0.39 is 0 Å². The van der Waals surface area contributed by atoms with Crippen molar-refractivity contribution in [1.82, 2.24) is 20.2 Å². The third-order valence-corrected chi connectivity index (χ3v) is 4.40. The number of fused-ring (bicyclic) bond motifs is 1. The minimum absolute atomic E-state index is 0.0149. The predicted molar refractivity (Wildman–Crippen MR) is 110 cm³/mol. The molecule has 1 unspecified atom stereocenters. The van der Waals surface area contributed by atoms with Crippen LogP contribution in [0.15, 0.2) is 53.5 Å². The number of imidazole rings is 1. The summed E-state index contributed by atoms with van der Waals surface area (Å²) in [5, 5.41) is 6.62. The lowest BCUT2D eigenvalue weighted by molar-refractivity contribution is 0.223. The van der Waals surface area contributed by atoms with Crippen molar-refractivity contribution in [1.29, 1.82) is 0 Å². The largest absolute Gasteiger partial charge is 0.489 e. The van der Waals surface area contributed by atoms with E-state index in [2.05, 4.69) is 44.2 Å². The highest BCUT2D eigenvalue weighted by atomic mass is 16.5. The molecule has 142 valence electrons. The Kier molecular flexibility index (Phi) is 5.96. The summed E-state index contributed by atoms with van der Waals surface area (Å²) in [5.74, 6) is 2.57. The minimum atomic E-state index is 0.0149. The van der Waals surface area contributed by atoms with Crippen LogP contribution < -0.4 is 15.4 Å². The molecule has 6 nitrogen and oxygen atoms in total. The van der Waals surface area contributed by atoms with Gasteiger partial charge in [-0.3, -0.25) is 4.99 Å². The predicted octanol–water partition coefficient (Wildman–Crippen LogP) is 3.01. The van der Waals surface area contributed by atoms with Crippen LogP contribution in [0.2, 0.25) is 0 Å². The van der Waals surface area contributed by atoms with Crippen LogP contribution in [0.25, 0.3) is 11.0 Å². The molecule has 27 heavy (non-hydrogen) atoms. The Morgan fingerprint density at radius 2 is 2.00 bits per heavy atom. The van der Waals surface area contributed by atoms with Crippen LogP contribution in [-0.4, -0.2) is 35.2 Å². The van der Waals surface area contributed by atoms with Crippen LogP contribution in [-0.2, 0) is 13.6 Å². The third-order valence-electron chi connectivity index (χ3n) is 4.40. The summed E-state index contributed by atoms with van der Waals surface area (Å²) in [5.41, 5.74) is 3.31. The first-order chi connectivity index (χ1) is 13.1. The number of guanidine groups is 1. The molecule has 0 radical (unpaired) electrons. The van der Waals surface area contributed by atoms with E-state index in [-0.39, 0.29) is 6.10 Å². The van der Waals surface area contributed by atoms with E-state index in [1.54, 1.807) is 7.05 Å². The van der Waals surface area contributed by atoms with Gasteiger partial charge < -0.3 is 19.9 Å². The first-order valence-electron chi connectivity index (χ1n) is 9.15. The Hall–Kier alpha value is -3.02. The summed E-state index contributed by atoms with van der Waals surface area (Å²) < 4.78 is 8.05. The van der Waals surface area contributed by atoms with Crippen LogP contribution >= 0.6 is 0 Å². The number of rotatable bonds is 6. The molecule has 1 atom stereocenters. The van der Waals surface area contributed by atoms with E-state index in [0.717, 1.165) is 28.6 Å². The van der Waals surface area contributed by atoms with Crippen LogP contribution in [0.3, 0.4) is 0 Å². The molecule has 0 aliphatic carbocycles. The highest BCUT2D eigenvalue weighted by molar-refractivity contribution is 5.80. The second kappa shape index (κ2) is 8.58. The van der Waals surface area contributed by atoms with Gasteiger partial charge in [-0.15, -0.1) is 0 Å². The van der Waals surface area contributed by atoms with Gasteiger partial charge in [0.05, 0.1) is 24.1 Å². The lowest BCUT2D eigenvalue weighted by Crippen LogP contribution is -2.41. The normalized spacial score (nSPS) is 12.8. The van der Waals surface area contributed by atoms with Crippen LogP contribution in [0.4, 0.5) is 0 Å². The van der Waals surface area contributed by atoms with Gasteiger partial charge in [-0.2, -0.15) is 0 Å². The van der Waals surface area contributed by atoms with E-state index in [1.807, 2.05) is 50.4 Å². The summed E-state index contributed by atoms with van der Waals surface area (Å²) in [4.78, 5) is 8.95. The van der Waals surface area contributed by atoms with Gasteiger partial charge in [-0.1, -0.05) is 24.3 Å². The molecule has 3 rings (SSSR count). The summed E-state index contributed by atoms with van der Waals surface area (Å²) in [6.07, 6.45) is 0.0149. The maximum Gasteiger partial charge on any atom is 0.191 e. The van der Waals surface area contributed by atoms with Crippen molar-refractivity contribution >= 4 is 17.0 Å². The van der Waals surface area contributed by atoms with Gasteiger partial charge in [0.25, 0.3) is 0 Å². The molecule has 0 aliphatic rings. The van der Waals surface area contributed by atoms with Crippen LogP contribution in [0.1, 0.15) is 18.3 Å². The Balaban J connectivity index is 1.52. The molecular formula is C21H27N5O. The molecule has 6 heteroatoms. The van der Waals surface area contributed by atoms with Gasteiger partial charge in [-0.25, -0.2) is 4.98 Å². The molecule has 3 aromatic rings. The highest BCUT2D eigenvalue weighted by Crippen LogP contribution is 2.14. The molecule has 0 spiro atoms. The average Bonchev–Trinajstić information content (AvgIpc) is 2.98. The van der Waals surface area contributed by atoms with E-state index >= 15 is 0 Å². The first-order valence-corrected chi connectivity index (χ1v) is 9.15. The van der Waals surface area contributed by atoms with E-state index in [1.165, 1.54) is 5.56 Å². The van der Waals surface area contributed by atoms with Gasteiger partial charge in [0.15, 0.2) is 5.96 Å². The number of hydrogen-bond donors (Lipinski definition) is 2. The van der Waals surface area contributed by atoms with Crippen molar-refractivity contribution < 1.29 is 4.74 Å². The summed E-state index contributed by atoms with van der Waals surface area (Å²) in [6, 6.07) is 16.2. The van der Waals surface area contributed by atoms with Crippen LogP contribution in [0.5, 0.6) is 5.75 Å². The van der Waals surface area contributed by atoms with Gasteiger partial charge in [0, 0.05) is 14.1 Å². The number of ether oxygens (including phenoxy) is 1. The van der Waals surface area contributed by atoms with Crippen molar-refractivity contribution in [3.05, 3.63) is 59.9 Å². The van der Waals surface area contributed by atoms with Crippen LogP contribution in [0, 0.1) is 6.92 Å². The standard InChI is InChI=1S/C21H27N5O/c1-15-8-7-9-17(12-15)27-16(2)13-23-21(22-3)24-14-20-25-18-10-5-6-11-19(18)26(20)4/h5-12,16H,13-14H2,1-4H3,(H2,22,23,24). The Labute approximate surface area is 160 Å². The van der Waals surface area contributed by atoms with Gasteiger partial charge in [0.1, 0.15) is 17.7 Å². The van der Waals surface area contributed by atoms with Crippen molar-refractivity contribution in [2.75, 3.05) is 13.6 Å². The molecule has 0 aliphatic heterocycles. The fourth-order valence-corrected chi connectivity index (χ4v) is 2.94. The second-order valence-corrected chi connectivity index (χ2v) is 6.63. The molecule has 2 N–H and O–H groups in total. The molecule has 0 amide bonds. The number of aliphatic imine (C=N–C) groups is 1. The molecule has 1 aromatic heterocycles. The second-order valence-electron chi connectivity index (χ2n) is 6.63. The van der Waals surface area contributed by atoms with Crippen molar-refractivity contribution in [3.8, 4) is 5.75 Å². The molecule has 0 fully saturated rings. The smallest absolute Gasteiger partial charge is 0.191 e. The number of aryl methyl sites for hydroxylation is 2. The highest BCUT2D eigenvalue weighted by Gasteiger charge is 2.09. The Bertz CT molecular complexity index is 931. The monoisotopic (exact) mass is 365 g/mol. The Morgan fingerprint density at radius 1 is 1.19 bits per heavy atom. The first kappa shape index (κ1) is 18.8. The molecule has 2 aromatic carbocycles. The molecule has 1 heterocycles. The van der Waals surface area contributed by atoms with E-state index in [0.29, 0.717) is 13.1 Å². The third kappa shape index (κ3) is 4.78. The van der Waals surface area contributed by atoms with Crippen molar-refractivity contribution in [3.63, 3.8) is 0 Å². The van der Waals surface area contributed by atoms with Crippen molar-refractivity contribution in [2.45, 2.75) is 26.5 Å². The fraction of sp³-hybridized carbons (Fsp3) is 0.333. The number of nitrogens with zero attached hydrogens (tertiary/aromatic N) is 3. The van der Waals surface area contributed by atoms with Gasteiger partial charge in [0.2, 0.25) is 0 Å². The maximum atomic E-state index is 5.95. The topological polar surface area (TPSA) is 63.5 Å². The number of nitrogens with one attached hydrogen (secondary N) is 2. The molecule has 0 saturated heterocycles. The summed E-state index contributed by atoms with van der Waals surface area (Å²) in [6.45, 7) is 5.34. The molecule has 0 bridgehead atoms. The summed E-state index contributed by atoms with van der Waals surface area (Å²) >= 11 is 0. The minimum Gasteiger partial charge on any atom is -0.489 e. The van der Waals surface area contributed by atoms with Crippen molar-refractivity contribution in [2.24, 2.45) is 12.0 Å². The lowest BCUT2D eigenvalue weighted by atomic mass is 10.2. The SMILES string of the molecule is CN=C(NCc1nc2ccccc2n1C)NCC(C)Oc1cccc(C)c1. The Morgan fingerprint density at radius 3 is 2.74 bits per heavy atom. The number of benzene rings is 2. The summed E-state index contributed by atoms with van der Waals surface area (Å²) in [7, 11) is 3.79. The molecular weight excluding hydrogens is 338 g/mol. The zero-order valence-corrected chi connectivity index (χ0v) is 16.4. The number of hydrogen-bond acceptors (Lipinski definition) is 3. The van der Waals surface area contributed by atoms with E-state index in [4.69, 9.17) is 4.74 Å². The van der Waals surface area contributed by atoms with E-state index in [9.17, 15) is 0 Å². The number of para-hydroxylation sites is 2. The zero-order valence-electron chi connectivity index (χ0n) is 16.4.